The van der Waals surface area contributed by atoms with E-state index in [1.807, 2.05) is 24.3 Å². The van der Waals surface area contributed by atoms with Crippen molar-refractivity contribution in [3.05, 3.63) is 64.2 Å². The second-order valence-corrected chi connectivity index (χ2v) is 5.53. The number of nitrogens with one attached hydrogen (secondary N) is 1. The monoisotopic (exact) mass is 285 g/mol. The summed E-state index contributed by atoms with van der Waals surface area (Å²) in [6.45, 7) is 0. The summed E-state index contributed by atoms with van der Waals surface area (Å²) in [6.07, 6.45) is 4.66. The predicted octanol–water partition coefficient (Wildman–Crippen LogP) is 4.47. The molecule has 0 heterocycles. The molecule has 3 heteroatoms. The van der Waals surface area contributed by atoms with Gasteiger partial charge in [-0.05, 0) is 61.1 Å². The normalized spacial score (nSPS) is 13.7. The third-order valence-electron chi connectivity index (χ3n) is 3.73. The summed E-state index contributed by atoms with van der Waals surface area (Å²) >= 11 is 6.06. The molecule has 1 aliphatic carbocycles. The lowest BCUT2D eigenvalue weighted by atomic mass is 9.90. The van der Waals surface area contributed by atoms with E-state index >= 15 is 0 Å². The van der Waals surface area contributed by atoms with E-state index in [4.69, 9.17) is 11.6 Å². The Morgan fingerprint density at radius 3 is 2.55 bits per heavy atom. The van der Waals surface area contributed by atoms with Crippen molar-refractivity contribution in [3.8, 4) is 0 Å². The number of fused-ring (bicyclic) bond motifs is 1. The highest BCUT2D eigenvalue weighted by molar-refractivity contribution is 6.33. The average Bonchev–Trinajstić information content (AvgIpc) is 2.49. The molecule has 0 aliphatic heterocycles. The summed E-state index contributed by atoms with van der Waals surface area (Å²) < 4.78 is 0. The van der Waals surface area contributed by atoms with Crippen LogP contribution < -0.4 is 5.32 Å². The van der Waals surface area contributed by atoms with E-state index < -0.39 is 0 Å². The molecule has 0 fully saturated rings. The minimum Gasteiger partial charge on any atom is -0.321 e. The Balaban J connectivity index is 1.82. The van der Waals surface area contributed by atoms with Crippen molar-refractivity contribution in [1.82, 2.24) is 0 Å². The molecule has 0 saturated heterocycles. The zero-order chi connectivity index (χ0) is 13.9. The molecule has 3 rings (SSSR count). The first-order chi connectivity index (χ1) is 9.74. The van der Waals surface area contributed by atoms with Gasteiger partial charge in [-0.1, -0.05) is 29.8 Å². The van der Waals surface area contributed by atoms with Gasteiger partial charge >= 0.3 is 0 Å². The maximum Gasteiger partial charge on any atom is 0.255 e. The van der Waals surface area contributed by atoms with E-state index in [1.54, 1.807) is 12.1 Å². The van der Waals surface area contributed by atoms with E-state index in [0.717, 1.165) is 12.8 Å². The number of carbonyl (C=O) groups is 1. The van der Waals surface area contributed by atoms with Crippen LogP contribution >= 0.6 is 11.6 Å². The van der Waals surface area contributed by atoms with Crippen LogP contribution in [0.3, 0.4) is 0 Å². The van der Waals surface area contributed by atoms with Gasteiger partial charge in [0.05, 0.1) is 10.7 Å². The van der Waals surface area contributed by atoms with Crippen molar-refractivity contribution in [3.63, 3.8) is 0 Å². The topological polar surface area (TPSA) is 29.1 Å². The number of benzene rings is 2. The SMILES string of the molecule is O=C(Nc1ccccc1Cl)c1ccc2c(c1)CCCC2. The first-order valence-corrected chi connectivity index (χ1v) is 7.29. The maximum atomic E-state index is 12.3. The number of hydrogen-bond acceptors (Lipinski definition) is 1. The third kappa shape index (κ3) is 2.70. The summed E-state index contributed by atoms with van der Waals surface area (Å²) in [7, 11) is 0. The number of rotatable bonds is 2. The molecule has 1 aliphatic rings. The Hall–Kier alpha value is -1.80. The molecule has 0 spiro atoms. The van der Waals surface area contributed by atoms with E-state index in [0.29, 0.717) is 16.3 Å². The fourth-order valence-electron chi connectivity index (χ4n) is 2.63. The molecule has 0 bridgehead atoms. The first kappa shape index (κ1) is 13.2. The Kier molecular flexibility index (Phi) is 3.75. The highest BCUT2D eigenvalue weighted by atomic mass is 35.5. The summed E-state index contributed by atoms with van der Waals surface area (Å²) in [6, 6.07) is 13.3. The van der Waals surface area contributed by atoms with Crippen molar-refractivity contribution in [1.29, 1.82) is 0 Å². The molecular weight excluding hydrogens is 270 g/mol. The van der Waals surface area contributed by atoms with Crippen LogP contribution in [-0.2, 0) is 12.8 Å². The molecule has 0 radical (unpaired) electrons. The summed E-state index contributed by atoms with van der Waals surface area (Å²) in [5, 5.41) is 3.42. The largest absolute Gasteiger partial charge is 0.321 e. The molecule has 102 valence electrons. The zero-order valence-electron chi connectivity index (χ0n) is 11.2. The van der Waals surface area contributed by atoms with Gasteiger partial charge in [0.2, 0.25) is 0 Å². The van der Waals surface area contributed by atoms with Gasteiger partial charge < -0.3 is 5.32 Å². The number of amides is 1. The van der Waals surface area contributed by atoms with Gasteiger partial charge in [-0.25, -0.2) is 0 Å². The Labute approximate surface area is 123 Å². The smallest absolute Gasteiger partial charge is 0.255 e. The van der Waals surface area contributed by atoms with Crippen LogP contribution in [0.15, 0.2) is 42.5 Å². The van der Waals surface area contributed by atoms with Crippen LogP contribution in [0.2, 0.25) is 5.02 Å². The second kappa shape index (κ2) is 5.68. The molecule has 0 aromatic heterocycles. The summed E-state index contributed by atoms with van der Waals surface area (Å²) in [5.74, 6) is -0.105. The number of hydrogen-bond donors (Lipinski definition) is 1. The molecule has 0 saturated carbocycles. The van der Waals surface area contributed by atoms with Crippen molar-refractivity contribution < 1.29 is 4.79 Å². The number of halogens is 1. The van der Waals surface area contributed by atoms with Gasteiger partial charge in [-0.3, -0.25) is 4.79 Å². The van der Waals surface area contributed by atoms with Gasteiger partial charge in [0, 0.05) is 5.56 Å². The van der Waals surface area contributed by atoms with Crippen LogP contribution in [0.25, 0.3) is 0 Å². The van der Waals surface area contributed by atoms with Gasteiger partial charge in [0.1, 0.15) is 0 Å². The van der Waals surface area contributed by atoms with Crippen LogP contribution in [0.5, 0.6) is 0 Å². The quantitative estimate of drug-likeness (QED) is 0.866. The van der Waals surface area contributed by atoms with Crippen LogP contribution in [-0.4, -0.2) is 5.91 Å². The molecule has 0 atom stereocenters. The van der Waals surface area contributed by atoms with Crippen molar-refractivity contribution in [2.45, 2.75) is 25.7 Å². The minimum absolute atomic E-state index is 0.105. The fraction of sp³-hybridized carbons (Fsp3) is 0.235. The third-order valence-corrected chi connectivity index (χ3v) is 4.06. The zero-order valence-corrected chi connectivity index (χ0v) is 11.9. The van der Waals surface area contributed by atoms with Gasteiger partial charge in [-0.15, -0.1) is 0 Å². The van der Waals surface area contributed by atoms with Crippen molar-refractivity contribution >= 4 is 23.2 Å². The van der Waals surface area contributed by atoms with Crippen LogP contribution in [0, 0.1) is 0 Å². The number of para-hydroxylation sites is 1. The molecule has 2 nitrogen and oxygen atoms in total. The van der Waals surface area contributed by atoms with Crippen LogP contribution in [0.4, 0.5) is 5.69 Å². The molecular formula is C17H16ClNO. The summed E-state index contributed by atoms with van der Waals surface area (Å²) in [4.78, 5) is 12.3. The lowest BCUT2D eigenvalue weighted by molar-refractivity contribution is 0.102. The Morgan fingerprint density at radius 2 is 1.75 bits per heavy atom. The minimum atomic E-state index is -0.105. The molecule has 1 N–H and O–H groups in total. The highest BCUT2D eigenvalue weighted by Crippen LogP contribution is 2.24. The second-order valence-electron chi connectivity index (χ2n) is 5.12. The fourth-order valence-corrected chi connectivity index (χ4v) is 2.81. The number of carbonyl (C=O) groups excluding carboxylic acids is 1. The Bertz CT molecular complexity index is 651. The van der Waals surface area contributed by atoms with Crippen LogP contribution in [0.1, 0.15) is 34.3 Å². The average molecular weight is 286 g/mol. The predicted molar refractivity (Wildman–Crippen MR) is 82.5 cm³/mol. The Morgan fingerprint density at radius 1 is 1.00 bits per heavy atom. The van der Waals surface area contributed by atoms with E-state index in [2.05, 4.69) is 11.4 Å². The summed E-state index contributed by atoms with van der Waals surface area (Å²) in [5.41, 5.74) is 4.04. The van der Waals surface area contributed by atoms with E-state index in [9.17, 15) is 4.79 Å². The number of anilines is 1. The molecule has 2 aromatic carbocycles. The van der Waals surface area contributed by atoms with Crippen molar-refractivity contribution in [2.75, 3.05) is 5.32 Å². The highest BCUT2D eigenvalue weighted by Gasteiger charge is 2.13. The van der Waals surface area contributed by atoms with Gasteiger partial charge in [0.25, 0.3) is 5.91 Å². The first-order valence-electron chi connectivity index (χ1n) is 6.92. The number of aryl methyl sites for hydroxylation is 2. The van der Waals surface area contributed by atoms with Gasteiger partial charge in [-0.2, -0.15) is 0 Å². The molecule has 1 amide bonds. The van der Waals surface area contributed by atoms with Crippen molar-refractivity contribution in [2.24, 2.45) is 0 Å². The van der Waals surface area contributed by atoms with E-state index in [1.165, 1.54) is 24.0 Å². The van der Waals surface area contributed by atoms with E-state index in [-0.39, 0.29) is 5.91 Å². The standard InChI is InChI=1S/C17H16ClNO/c18-15-7-3-4-8-16(15)19-17(20)14-10-9-12-5-1-2-6-13(12)11-14/h3-4,7-11H,1-2,5-6H2,(H,19,20). The molecule has 0 unspecified atom stereocenters. The maximum absolute atomic E-state index is 12.3. The lowest BCUT2D eigenvalue weighted by Gasteiger charge is -2.16. The lowest BCUT2D eigenvalue weighted by Crippen LogP contribution is -2.13. The molecule has 20 heavy (non-hydrogen) atoms. The van der Waals surface area contributed by atoms with Gasteiger partial charge in [0.15, 0.2) is 0 Å². The molecule has 2 aromatic rings.